The quantitative estimate of drug-likeness (QED) is 0.273. The summed E-state index contributed by atoms with van der Waals surface area (Å²) < 4.78 is 25.2. The lowest BCUT2D eigenvalue weighted by molar-refractivity contribution is -0.136. The van der Waals surface area contributed by atoms with Gasteiger partial charge in [-0.3, -0.25) is 19.4 Å². The van der Waals surface area contributed by atoms with Gasteiger partial charge in [0.05, 0.1) is 30.7 Å². The van der Waals surface area contributed by atoms with Gasteiger partial charge in [-0.05, 0) is 98.4 Å². The van der Waals surface area contributed by atoms with Crippen molar-refractivity contribution in [1.29, 1.82) is 0 Å². The van der Waals surface area contributed by atoms with E-state index in [0.29, 0.717) is 13.2 Å². The molecule has 0 aromatic heterocycles. The van der Waals surface area contributed by atoms with Gasteiger partial charge in [-0.25, -0.2) is 14.3 Å². The van der Waals surface area contributed by atoms with Gasteiger partial charge in [0.2, 0.25) is 0 Å². The van der Waals surface area contributed by atoms with E-state index >= 15 is 0 Å². The van der Waals surface area contributed by atoms with E-state index in [1.807, 2.05) is 62.4 Å². The Kier molecular flexibility index (Phi) is 8.47. The van der Waals surface area contributed by atoms with Crippen molar-refractivity contribution in [2.75, 3.05) is 24.7 Å². The fourth-order valence-corrected chi connectivity index (χ4v) is 6.93. The summed E-state index contributed by atoms with van der Waals surface area (Å²) in [5, 5.41) is 15.8. The molecule has 3 aromatic rings. The molecule has 7 rings (SSSR count). The zero-order chi connectivity index (χ0) is 33.4. The average molecular weight is 651 g/mol. The second-order valence-corrected chi connectivity index (χ2v) is 12.0. The summed E-state index contributed by atoms with van der Waals surface area (Å²) in [5.41, 5.74) is 3.94. The average Bonchev–Trinajstić information content (AvgIpc) is 3.75. The van der Waals surface area contributed by atoms with E-state index in [4.69, 9.17) is 14.6 Å². The number of anilines is 1. The Hall–Kier alpha value is -5.39. The first-order valence-corrected chi connectivity index (χ1v) is 16.2. The van der Waals surface area contributed by atoms with Crippen LogP contribution in [-0.2, 0) is 14.4 Å². The predicted molar refractivity (Wildman–Crippen MR) is 176 cm³/mol. The van der Waals surface area contributed by atoms with E-state index in [9.17, 15) is 18.8 Å². The van der Waals surface area contributed by atoms with E-state index in [1.165, 1.54) is 28.2 Å². The number of hydrogen-bond acceptors (Lipinski definition) is 9. The maximum atomic E-state index is 14.2. The topological polar surface area (TPSA) is 116 Å². The highest BCUT2D eigenvalue weighted by atomic mass is 19.1. The molecule has 3 aromatic carbocycles. The van der Waals surface area contributed by atoms with Gasteiger partial charge in [-0.2, -0.15) is 10.2 Å². The number of fused-ring (bicyclic) bond motifs is 2. The van der Waals surface area contributed by atoms with Crippen LogP contribution < -0.4 is 14.4 Å². The molecule has 12 heteroatoms. The van der Waals surface area contributed by atoms with Gasteiger partial charge < -0.3 is 9.47 Å². The Bertz CT molecular complexity index is 1820. The molecule has 2 fully saturated rings. The molecule has 3 aliphatic heterocycles. The minimum Gasteiger partial charge on any atom is -0.494 e. The fourth-order valence-electron chi connectivity index (χ4n) is 6.93. The van der Waals surface area contributed by atoms with Crippen LogP contribution in [0.1, 0.15) is 50.3 Å². The lowest BCUT2D eigenvalue weighted by atomic mass is 9.77. The maximum absolute atomic E-state index is 14.2. The van der Waals surface area contributed by atoms with Crippen LogP contribution in [0.4, 0.5) is 10.1 Å². The Balaban J connectivity index is 1.18. The van der Waals surface area contributed by atoms with E-state index in [-0.39, 0.29) is 24.1 Å². The number of nitrogens with zero attached hydrogens (tertiary/aromatic N) is 6. The van der Waals surface area contributed by atoms with Crippen LogP contribution in [0.3, 0.4) is 0 Å². The van der Waals surface area contributed by atoms with Crippen LogP contribution >= 0.6 is 0 Å². The summed E-state index contributed by atoms with van der Waals surface area (Å²) in [6, 6.07) is 18.2. The second-order valence-electron chi connectivity index (χ2n) is 12.0. The first-order valence-electron chi connectivity index (χ1n) is 16.2. The monoisotopic (exact) mass is 650 g/mol. The van der Waals surface area contributed by atoms with Crippen molar-refractivity contribution in [3.8, 4) is 11.5 Å². The molecule has 246 valence electrons. The number of amides is 3. The highest BCUT2D eigenvalue weighted by Gasteiger charge is 2.55. The third-order valence-corrected chi connectivity index (χ3v) is 9.04. The molecule has 48 heavy (non-hydrogen) atoms. The molecular formula is C36H35FN6O5. The highest BCUT2D eigenvalue weighted by Crippen LogP contribution is 2.45. The first kappa shape index (κ1) is 31.2. The number of hydrogen-bond donors (Lipinski definition) is 0. The van der Waals surface area contributed by atoms with Crippen molar-refractivity contribution in [2.24, 2.45) is 21.4 Å². The number of rotatable bonds is 9. The summed E-state index contributed by atoms with van der Waals surface area (Å²) in [4.78, 5) is 41.8. The van der Waals surface area contributed by atoms with Gasteiger partial charge in [0.1, 0.15) is 23.9 Å². The number of allylic oxidation sites excluding steroid dienone is 1. The fraction of sp³-hybridized carbons (Fsp3) is 0.333. The Morgan fingerprint density at radius 3 is 2.33 bits per heavy atom. The summed E-state index contributed by atoms with van der Waals surface area (Å²) in [5.74, 6) is -0.717. The number of halogens is 1. The van der Waals surface area contributed by atoms with Crippen LogP contribution in [-0.4, -0.2) is 65.3 Å². The summed E-state index contributed by atoms with van der Waals surface area (Å²) in [6.07, 6.45) is 4.70. The molecule has 3 amide bonds. The number of imide groups is 1. The molecule has 4 aliphatic rings. The van der Waals surface area contributed by atoms with Crippen molar-refractivity contribution >= 4 is 35.2 Å². The number of ether oxygens (including phenoxy) is 2. The number of carbonyl (C=O) groups is 3. The zero-order valence-corrected chi connectivity index (χ0v) is 26.7. The van der Waals surface area contributed by atoms with Crippen LogP contribution in [0, 0.1) is 11.7 Å². The van der Waals surface area contributed by atoms with Crippen molar-refractivity contribution in [1.82, 2.24) is 10.0 Å². The molecule has 11 nitrogen and oxygen atoms in total. The lowest BCUT2D eigenvalue weighted by Gasteiger charge is -2.30. The standard InChI is InChI=1S/C36H35FN6O5/c1-3-47-27-15-11-22(12-16-27)19-24-7-5-10-29-31(24)39-43(33(29)23-13-17-28(18-14-23)48-4-2)30(44)21-41-34-32(38-40-41)35(45)42(36(34)46)26-9-6-8-25(37)20-26/h6,8-9,11-20,29,32-34H,3-5,7,10,21H2,1-2H3/b24-19+. The molecule has 1 saturated heterocycles. The third kappa shape index (κ3) is 5.71. The van der Waals surface area contributed by atoms with Crippen LogP contribution in [0.2, 0.25) is 0 Å². The maximum Gasteiger partial charge on any atom is 0.264 e. The SMILES string of the molecule is CCOc1ccc(/C=C2\CCCC3C2=NN(C(=O)CN2N=NC4C(=O)N(c5cccc(F)c5)C(=O)C42)C3c2ccc(OCC)cc2)cc1. The molecule has 4 unspecified atom stereocenters. The Labute approximate surface area is 277 Å². The van der Waals surface area contributed by atoms with E-state index in [1.54, 1.807) is 0 Å². The van der Waals surface area contributed by atoms with Gasteiger partial charge in [-0.1, -0.05) is 35.6 Å². The largest absolute Gasteiger partial charge is 0.494 e. The van der Waals surface area contributed by atoms with Gasteiger partial charge in [-0.15, -0.1) is 0 Å². The summed E-state index contributed by atoms with van der Waals surface area (Å²) in [7, 11) is 0. The molecule has 1 saturated carbocycles. The summed E-state index contributed by atoms with van der Waals surface area (Å²) >= 11 is 0. The minimum absolute atomic E-state index is 0.0549. The number of carbonyl (C=O) groups excluding carboxylic acids is 3. The normalized spacial score (nSPS) is 23.9. The van der Waals surface area contributed by atoms with Crippen molar-refractivity contribution in [3.05, 3.63) is 95.3 Å². The van der Waals surface area contributed by atoms with Gasteiger partial charge in [0.15, 0.2) is 12.1 Å². The van der Waals surface area contributed by atoms with Crippen molar-refractivity contribution in [2.45, 2.75) is 51.2 Å². The number of hydrazone groups is 1. The lowest BCUT2D eigenvalue weighted by Crippen LogP contribution is -2.45. The van der Waals surface area contributed by atoms with Gasteiger partial charge in [0, 0.05) is 5.92 Å². The first-order chi connectivity index (χ1) is 23.4. The molecule has 0 radical (unpaired) electrons. The predicted octanol–water partition coefficient (Wildman–Crippen LogP) is 5.74. The zero-order valence-electron chi connectivity index (χ0n) is 26.7. The molecule has 0 N–H and O–H groups in total. The minimum atomic E-state index is -1.12. The van der Waals surface area contributed by atoms with Crippen LogP contribution in [0.5, 0.6) is 11.5 Å². The number of benzene rings is 3. The smallest absolute Gasteiger partial charge is 0.264 e. The van der Waals surface area contributed by atoms with Gasteiger partial charge in [0.25, 0.3) is 17.7 Å². The van der Waals surface area contributed by atoms with Gasteiger partial charge >= 0.3 is 0 Å². The van der Waals surface area contributed by atoms with E-state index < -0.39 is 35.8 Å². The van der Waals surface area contributed by atoms with Crippen LogP contribution in [0.25, 0.3) is 6.08 Å². The van der Waals surface area contributed by atoms with E-state index in [0.717, 1.165) is 64.1 Å². The second kappa shape index (κ2) is 13.0. The Morgan fingerprint density at radius 1 is 0.938 bits per heavy atom. The molecule has 3 heterocycles. The molecule has 0 spiro atoms. The molecule has 1 aliphatic carbocycles. The molecule has 4 atom stereocenters. The Morgan fingerprint density at radius 2 is 1.65 bits per heavy atom. The third-order valence-electron chi connectivity index (χ3n) is 9.04. The summed E-state index contributed by atoms with van der Waals surface area (Å²) in [6.45, 7) is 4.67. The highest BCUT2D eigenvalue weighted by molar-refractivity contribution is 6.25. The van der Waals surface area contributed by atoms with Crippen LogP contribution in [0.15, 0.2) is 93.8 Å². The molecular weight excluding hydrogens is 615 g/mol. The molecule has 0 bridgehead atoms. The van der Waals surface area contributed by atoms with E-state index in [2.05, 4.69) is 16.4 Å². The van der Waals surface area contributed by atoms with Crippen molar-refractivity contribution < 1.29 is 28.2 Å². The van der Waals surface area contributed by atoms with Crippen molar-refractivity contribution in [3.63, 3.8) is 0 Å².